The number of carbonyl (C=O) groups excluding carboxylic acids is 5. The number of urea groups is 1. The Hall–Kier alpha value is -3.76. The average molecular weight is 618 g/mol. The van der Waals surface area contributed by atoms with Crippen molar-refractivity contribution in [2.75, 3.05) is 6.54 Å². The van der Waals surface area contributed by atoms with Gasteiger partial charge in [-0.15, -0.1) is 0 Å². The first-order chi connectivity index (χ1) is 20.3. The Morgan fingerprint density at radius 2 is 1.50 bits per heavy atom. The van der Waals surface area contributed by atoms with Gasteiger partial charge in [0.05, 0.1) is 18.4 Å². The summed E-state index contributed by atoms with van der Waals surface area (Å²) >= 11 is 0. The maximum Gasteiger partial charge on any atom is 0.312 e. The van der Waals surface area contributed by atoms with Gasteiger partial charge in [0, 0.05) is 25.3 Å². The van der Waals surface area contributed by atoms with Crippen LogP contribution < -0.4 is 16.4 Å². The molecule has 3 atom stereocenters. The number of hydrogen-bond acceptors (Lipinski definition) is 7. The number of aliphatic carboxylic acids is 1. The van der Waals surface area contributed by atoms with Crippen LogP contribution >= 0.6 is 0 Å². The Morgan fingerprint density at radius 3 is 1.98 bits per heavy atom. The quantitative estimate of drug-likeness (QED) is 0.140. The lowest BCUT2D eigenvalue weighted by atomic mass is 9.61. The smallest absolute Gasteiger partial charge is 0.312 e. The Kier molecular flexibility index (Phi) is 14.7. The molecule has 0 saturated carbocycles. The average Bonchev–Trinajstić information content (AvgIpc) is 2.90. The number of nitrogens with two attached hydrogens (primary N) is 1. The Bertz CT molecular complexity index is 1170. The number of benzene rings is 1. The maximum absolute atomic E-state index is 13.3. The topological polar surface area (TPSA) is 182 Å². The molecule has 0 unspecified atom stereocenters. The summed E-state index contributed by atoms with van der Waals surface area (Å²) in [4.78, 5) is 73.6. The van der Waals surface area contributed by atoms with E-state index in [1.165, 1.54) is 6.92 Å². The summed E-state index contributed by atoms with van der Waals surface area (Å²) < 4.78 is 5.38. The molecule has 1 rings (SSSR count). The van der Waals surface area contributed by atoms with Crippen LogP contribution in [0.5, 0.6) is 0 Å². The Morgan fingerprint density at radius 1 is 0.932 bits per heavy atom. The predicted molar refractivity (Wildman–Crippen MR) is 166 cm³/mol. The van der Waals surface area contributed by atoms with Gasteiger partial charge in [-0.3, -0.25) is 19.2 Å². The predicted octanol–water partition coefficient (Wildman–Crippen LogP) is 4.19. The zero-order valence-corrected chi connectivity index (χ0v) is 27.5. The number of primary amides is 1. The maximum atomic E-state index is 13.3. The number of carboxylic acid groups (broad SMARTS) is 1. The SMILES string of the molecule is CC(=O)C[C@@H](C(=O)N[C@H](CCCNC(N)=O)C(=O)Cc1ccc(COC(=O)C[C@@H](C(=O)O)C(C)(C)C(C)(C)C)cc1)C(C)C. The monoisotopic (exact) mass is 617 g/mol. The van der Waals surface area contributed by atoms with Crippen molar-refractivity contribution in [1.82, 2.24) is 10.6 Å². The van der Waals surface area contributed by atoms with Crippen molar-refractivity contribution in [2.24, 2.45) is 34.3 Å². The third kappa shape index (κ3) is 12.5. The molecule has 0 radical (unpaired) electrons. The second-order valence-electron chi connectivity index (χ2n) is 13.4. The van der Waals surface area contributed by atoms with Crippen LogP contribution in [0.1, 0.15) is 92.2 Å². The summed E-state index contributed by atoms with van der Waals surface area (Å²) in [6.07, 6.45) is 0.518. The fourth-order valence-corrected chi connectivity index (χ4v) is 4.69. The van der Waals surface area contributed by atoms with Gasteiger partial charge in [-0.25, -0.2) is 4.79 Å². The van der Waals surface area contributed by atoms with Gasteiger partial charge in [0.1, 0.15) is 12.4 Å². The molecule has 3 amide bonds. The number of amides is 3. The van der Waals surface area contributed by atoms with E-state index < -0.39 is 41.3 Å². The minimum absolute atomic E-state index is 0.0233. The summed E-state index contributed by atoms with van der Waals surface area (Å²) in [7, 11) is 0. The minimum Gasteiger partial charge on any atom is -0.481 e. The highest BCUT2D eigenvalue weighted by molar-refractivity contribution is 5.92. The first-order valence-electron chi connectivity index (χ1n) is 15.1. The Labute approximate surface area is 261 Å². The van der Waals surface area contributed by atoms with Crippen molar-refractivity contribution in [1.29, 1.82) is 0 Å². The van der Waals surface area contributed by atoms with Crippen molar-refractivity contribution >= 4 is 35.4 Å². The lowest BCUT2D eigenvalue weighted by Gasteiger charge is -2.42. The molecular weight excluding hydrogens is 566 g/mol. The summed E-state index contributed by atoms with van der Waals surface area (Å²) in [5.41, 5.74) is 5.46. The number of ether oxygens (including phenoxy) is 1. The van der Waals surface area contributed by atoms with Gasteiger partial charge in [0.15, 0.2) is 5.78 Å². The zero-order chi connectivity index (χ0) is 33.8. The van der Waals surface area contributed by atoms with Crippen LogP contribution in [0.2, 0.25) is 0 Å². The molecule has 0 aliphatic heterocycles. The normalized spacial score (nSPS) is 13.8. The molecule has 1 aromatic rings. The van der Waals surface area contributed by atoms with Gasteiger partial charge in [-0.05, 0) is 47.6 Å². The molecule has 0 fully saturated rings. The third-order valence-electron chi connectivity index (χ3n) is 8.60. The van der Waals surface area contributed by atoms with E-state index in [4.69, 9.17) is 10.5 Å². The van der Waals surface area contributed by atoms with E-state index in [-0.39, 0.29) is 67.6 Å². The number of esters is 1. The minimum atomic E-state index is -1.05. The molecule has 0 aliphatic rings. The number of ketones is 2. The molecule has 5 N–H and O–H groups in total. The van der Waals surface area contributed by atoms with Gasteiger partial charge in [0.2, 0.25) is 5.91 Å². The first-order valence-corrected chi connectivity index (χ1v) is 15.1. The van der Waals surface area contributed by atoms with E-state index >= 15 is 0 Å². The molecule has 0 saturated heterocycles. The van der Waals surface area contributed by atoms with Crippen molar-refractivity contribution in [3.8, 4) is 0 Å². The number of carbonyl (C=O) groups is 6. The zero-order valence-electron chi connectivity index (χ0n) is 27.5. The number of carboxylic acids is 1. The second-order valence-corrected chi connectivity index (χ2v) is 13.4. The molecule has 11 nitrogen and oxygen atoms in total. The van der Waals surface area contributed by atoms with Crippen LogP contribution in [0.4, 0.5) is 4.79 Å². The second kappa shape index (κ2) is 16.9. The molecular formula is C33H51N3O8. The fraction of sp³-hybridized carbons (Fsp3) is 0.636. The molecule has 0 aromatic heterocycles. The highest BCUT2D eigenvalue weighted by atomic mass is 16.5. The molecule has 0 aliphatic carbocycles. The van der Waals surface area contributed by atoms with Crippen molar-refractivity contribution in [3.63, 3.8) is 0 Å². The largest absolute Gasteiger partial charge is 0.481 e. The van der Waals surface area contributed by atoms with Crippen LogP contribution in [-0.4, -0.2) is 53.1 Å². The van der Waals surface area contributed by atoms with Gasteiger partial charge in [0.25, 0.3) is 0 Å². The van der Waals surface area contributed by atoms with Crippen LogP contribution in [0.25, 0.3) is 0 Å². The van der Waals surface area contributed by atoms with Crippen LogP contribution in [-0.2, 0) is 41.7 Å². The molecule has 0 bridgehead atoms. The van der Waals surface area contributed by atoms with E-state index in [1.807, 2.05) is 48.5 Å². The van der Waals surface area contributed by atoms with Crippen LogP contribution in [0.3, 0.4) is 0 Å². The molecule has 0 spiro atoms. The van der Waals surface area contributed by atoms with E-state index in [9.17, 15) is 33.9 Å². The standard InChI is InChI=1S/C33H51N3O8/c1-20(2)24(16-21(3)37)29(40)36-26(10-9-15-35-31(34)43)27(38)17-22-11-13-23(14-12-22)19-44-28(39)18-25(30(41)42)33(7,8)32(4,5)6/h11-14,20,24-26H,9-10,15-19H2,1-8H3,(H,36,40)(H,41,42)(H3,34,35,43)/t24-,25+,26-/m1/s1. The van der Waals surface area contributed by atoms with Gasteiger partial charge < -0.3 is 31.0 Å². The Balaban J connectivity index is 2.90. The summed E-state index contributed by atoms with van der Waals surface area (Å²) in [6, 6.07) is 5.38. The highest BCUT2D eigenvalue weighted by Crippen LogP contribution is 2.45. The van der Waals surface area contributed by atoms with Crippen molar-refractivity contribution in [3.05, 3.63) is 35.4 Å². The van der Waals surface area contributed by atoms with Crippen LogP contribution in [0.15, 0.2) is 24.3 Å². The van der Waals surface area contributed by atoms with Crippen LogP contribution in [0, 0.1) is 28.6 Å². The lowest BCUT2D eigenvalue weighted by Crippen LogP contribution is -2.46. The number of hydrogen-bond donors (Lipinski definition) is 4. The summed E-state index contributed by atoms with van der Waals surface area (Å²) in [6.45, 7) is 14.8. The molecule has 44 heavy (non-hydrogen) atoms. The third-order valence-corrected chi connectivity index (χ3v) is 8.60. The van der Waals surface area contributed by atoms with Crippen molar-refractivity contribution in [2.45, 2.75) is 100 Å². The van der Waals surface area contributed by atoms with Gasteiger partial charge in [-0.1, -0.05) is 72.7 Å². The van der Waals surface area contributed by atoms with E-state index in [0.29, 0.717) is 17.5 Å². The molecule has 246 valence electrons. The number of nitrogens with one attached hydrogen (secondary N) is 2. The first kappa shape index (κ1) is 38.3. The molecule has 11 heteroatoms. The van der Waals surface area contributed by atoms with Gasteiger partial charge >= 0.3 is 18.0 Å². The van der Waals surface area contributed by atoms with E-state index in [0.717, 1.165) is 0 Å². The highest BCUT2D eigenvalue weighted by Gasteiger charge is 2.45. The van der Waals surface area contributed by atoms with E-state index in [1.54, 1.807) is 24.3 Å². The molecule has 1 aromatic carbocycles. The summed E-state index contributed by atoms with van der Waals surface area (Å²) in [5.74, 6) is -3.97. The fourth-order valence-electron chi connectivity index (χ4n) is 4.69. The van der Waals surface area contributed by atoms with E-state index in [2.05, 4.69) is 10.6 Å². The number of Topliss-reactive ketones (excluding diaryl/α,β-unsaturated/α-hetero) is 2. The summed E-state index contributed by atoms with van der Waals surface area (Å²) in [5, 5.41) is 15.1. The van der Waals surface area contributed by atoms with Crippen molar-refractivity contribution < 1.29 is 38.6 Å². The lowest BCUT2D eigenvalue weighted by molar-refractivity contribution is -0.159. The van der Waals surface area contributed by atoms with Gasteiger partial charge in [-0.2, -0.15) is 0 Å². The molecule has 0 heterocycles. The number of rotatable bonds is 18.